The van der Waals surface area contributed by atoms with Gasteiger partial charge in [0.15, 0.2) is 0 Å². The first-order chi connectivity index (χ1) is 8.76. The van der Waals surface area contributed by atoms with Gasteiger partial charge in [-0.2, -0.15) is 0 Å². The minimum Gasteiger partial charge on any atom is -0.450 e. The zero-order chi connectivity index (χ0) is 14.2. The summed E-state index contributed by atoms with van der Waals surface area (Å²) < 4.78 is 10.5. The second kappa shape index (κ2) is 5.19. The molecule has 1 unspecified atom stereocenters. The molecule has 0 aromatic carbocycles. The van der Waals surface area contributed by atoms with Crippen molar-refractivity contribution < 1.29 is 19.1 Å². The van der Waals surface area contributed by atoms with E-state index in [9.17, 15) is 9.59 Å². The number of carbonyl (C=O) groups is 2. The lowest BCUT2D eigenvalue weighted by atomic mass is 10.0. The van der Waals surface area contributed by atoms with Crippen LogP contribution >= 0.6 is 11.6 Å². The Morgan fingerprint density at radius 2 is 1.68 bits per heavy atom. The lowest BCUT2D eigenvalue weighted by Gasteiger charge is -2.38. The third kappa shape index (κ3) is 3.53. The maximum atomic E-state index is 12.2. The summed E-state index contributed by atoms with van der Waals surface area (Å²) in [5.41, 5.74) is -1.26. The Labute approximate surface area is 118 Å². The first kappa shape index (κ1) is 14.4. The van der Waals surface area contributed by atoms with Gasteiger partial charge in [0.25, 0.3) is 0 Å². The Morgan fingerprint density at radius 3 is 2.11 bits per heavy atom. The Morgan fingerprint density at radius 1 is 1.16 bits per heavy atom. The minimum absolute atomic E-state index is 0.0922. The third-order valence-electron chi connectivity index (χ3n) is 3.55. The lowest BCUT2D eigenvalue weighted by molar-refractivity contribution is -0.0120. The summed E-state index contributed by atoms with van der Waals surface area (Å²) in [6, 6.07) is 0.184. The minimum atomic E-state index is -0.768. The number of fused-ring (bicyclic) bond motifs is 2. The van der Waals surface area contributed by atoms with Crippen molar-refractivity contribution in [3.05, 3.63) is 0 Å². The molecule has 108 valence electrons. The molecule has 2 fully saturated rings. The van der Waals surface area contributed by atoms with E-state index in [1.807, 2.05) is 25.7 Å². The van der Waals surface area contributed by atoms with Gasteiger partial charge in [0, 0.05) is 36.5 Å². The number of hydrogen-bond donors (Lipinski definition) is 0. The first-order valence-corrected chi connectivity index (χ1v) is 7.01. The molecule has 2 aliphatic heterocycles. The molecule has 2 rings (SSSR count). The number of nitrogens with zero attached hydrogens (tertiary/aromatic N) is 1. The molecule has 0 aromatic rings. The van der Waals surface area contributed by atoms with Crippen LogP contribution in [-0.2, 0) is 9.47 Å². The highest BCUT2D eigenvalue weighted by molar-refractivity contribution is 6.61. The summed E-state index contributed by atoms with van der Waals surface area (Å²) in [6.07, 6.45) is 2.71. The smallest absolute Gasteiger partial charge is 0.410 e. The van der Waals surface area contributed by atoms with Crippen molar-refractivity contribution in [3.8, 4) is 0 Å². The zero-order valence-electron chi connectivity index (χ0n) is 11.5. The Bertz CT molecular complexity index is 365. The van der Waals surface area contributed by atoms with E-state index < -0.39 is 11.0 Å². The molecule has 0 spiro atoms. The highest BCUT2D eigenvalue weighted by Gasteiger charge is 2.45. The standard InChI is InChI=1S/C13H20ClNO4/c1-13(2,3)19-12(17)15-8-4-5-9(15)7-10(6-8)18-11(14)16/h8-10H,4-7H2,1-3H3/t8-,9+,10?. The molecule has 6 heteroatoms. The molecule has 3 atom stereocenters. The van der Waals surface area contributed by atoms with E-state index in [1.54, 1.807) is 0 Å². The predicted octanol–water partition coefficient (Wildman–Crippen LogP) is 3.29. The maximum absolute atomic E-state index is 12.2. The number of piperidine rings is 1. The molecule has 2 bridgehead atoms. The van der Waals surface area contributed by atoms with Crippen molar-refractivity contribution in [2.24, 2.45) is 0 Å². The summed E-state index contributed by atoms with van der Waals surface area (Å²) in [4.78, 5) is 24.8. The number of halogens is 1. The molecule has 2 heterocycles. The maximum Gasteiger partial charge on any atom is 0.410 e. The summed E-state index contributed by atoms with van der Waals surface area (Å²) in [5, 5.41) is 0. The quantitative estimate of drug-likeness (QED) is 0.695. The van der Waals surface area contributed by atoms with E-state index >= 15 is 0 Å². The van der Waals surface area contributed by atoms with Gasteiger partial charge < -0.3 is 14.4 Å². The number of amides is 1. The van der Waals surface area contributed by atoms with Gasteiger partial charge in [-0.25, -0.2) is 9.59 Å². The van der Waals surface area contributed by atoms with Crippen LogP contribution in [0.5, 0.6) is 0 Å². The highest BCUT2D eigenvalue weighted by Crippen LogP contribution is 2.38. The van der Waals surface area contributed by atoms with Crippen LogP contribution in [0.1, 0.15) is 46.5 Å². The van der Waals surface area contributed by atoms with Crippen LogP contribution in [-0.4, -0.2) is 40.2 Å². The van der Waals surface area contributed by atoms with Crippen LogP contribution in [0, 0.1) is 0 Å². The van der Waals surface area contributed by atoms with Gasteiger partial charge in [-0.3, -0.25) is 0 Å². The molecule has 19 heavy (non-hydrogen) atoms. The topological polar surface area (TPSA) is 55.8 Å². The van der Waals surface area contributed by atoms with Crippen LogP contribution in [0.25, 0.3) is 0 Å². The Hall–Kier alpha value is -0.970. The molecular weight excluding hydrogens is 270 g/mol. The van der Waals surface area contributed by atoms with Crippen molar-refractivity contribution >= 4 is 23.1 Å². The van der Waals surface area contributed by atoms with Gasteiger partial charge in [0.1, 0.15) is 11.7 Å². The van der Waals surface area contributed by atoms with Crippen LogP contribution in [0.15, 0.2) is 0 Å². The van der Waals surface area contributed by atoms with E-state index in [-0.39, 0.29) is 24.3 Å². The Balaban J connectivity index is 1.99. The fourth-order valence-electron chi connectivity index (χ4n) is 2.97. The normalized spacial score (nSPS) is 30.1. The van der Waals surface area contributed by atoms with Crippen molar-refractivity contribution in [2.45, 2.75) is 70.2 Å². The van der Waals surface area contributed by atoms with Gasteiger partial charge in [-0.15, -0.1) is 0 Å². The van der Waals surface area contributed by atoms with Crippen molar-refractivity contribution in [3.63, 3.8) is 0 Å². The molecule has 1 amide bonds. The molecule has 0 radical (unpaired) electrons. The van der Waals surface area contributed by atoms with Crippen LogP contribution in [0.3, 0.4) is 0 Å². The number of carbonyl (C=O) groups excluding carboxylic acids is 2. The first-order valence-electron chi connectivity index (χ1n) is 6.63. The largest absolute Gasteiger partial charge is 0.450 e. The van der Waals surface area contributed by atoms with E-state index in [0.29, 0.717) is 12.8 Å². The number of rotatable bonds is 1. The van der Waals surface area contributed by atoms with E-state index in [1.165, 1.54) is 0 Å². The molecular formula is C13H20ClNO4. The fourth-order valence-corrected chi connectivity index (χ4v) is 3.09. The predicted molar refractivity (Wildman–Crippen MR) is 70.2 cm³/mol. The molecule has 0 aromatic heterocycles. The van der Waals surface area contributed by atoms with Crippen LogP contribution in [0.2, 0.25) is 0 Å². The van der Waals surface area contributed by atoms with Crippen molar-refractivity contribution in [1.29, 1.82) is 0 Å². The summed E-state index contributed by atoms with van der Waals surface area (Å²) >= 11 is 5.25. The SMILES string of the molecule is CC(C)(C)OC(=O)N1[C@@H]2CC[C@H]1CC(OC(=O)Cl)C2. The second-order valence-corrected chi connectivity index (χ2v) is 6.53. The highest BCUT2D eigenvalue weighted by atomic mass is 35.5. The number of hydrogen-bond acceptors (Lipinski definition) is 4. The summed E-state index contributed by atoms with van der Waals surface area (Å²) in [7, 11) is 0. The molecule has 2 aliphatic rings. The number of ether oxygens (including phenoxy) is 2. The molecule has 2 saturated heterocycles. The van der Waals surface area contributed by atoms with E-state index in [2.05, 4.69) is 0 Å². The van der Waals surface area contributed by atoms with Crippen LogP contribution < -0.4 is 0 Å². The fraction of sp³-hybridized carbons (Fsp3) is 0.846. The monoisotopic (exact) mass is 289 g/mol. The summed E-state index contributed by atoms with van der Waals surface area (Å²) in [6.45, 7) is 5.57. The van der Waals surface area contributed by atoms with Gasteiger partial charge in [0.2, 0.25) is 0 Å². The third-order valence-corrected chi connectivity index (χ3v) is 3.64. The van der Waals surface area contributed by atoms with Crippen molar-refractivity contribution in [1.82, 2.24) is 4.90 Å². The Kier molecular flexibility index (Phi) is 3.95. The molecule has 0 N–H and O–H groups in total. The average Bonchev–Trinajstić information content (AvgIpc) is 2.47. The van der Waals surface area contributed by atoms with E-state index in [4.69, 9.17) is 21.1 Å². The molecule has 0 aliphatic carbocycles. The van der Waals surface area contributed by atoms with Crippen molar-refractivity contribution in [2.75, 3.05) is 0 Å². The lowest BCUT2D eigenvalue weighted by Crippen LogP contribution is -2.50. The molecule has 0 saturated carbocycles. The summed E-state index contributed by atoms with van der Waals surface area (Å²) in [5.74, 6) is 0. The van der Waals surface area contributed by atoms with E-state index in [0.717, 1.165) is 12.8 Å². The van der Waals surface area contributed by atoms with Gasteiger partial charge in [-0.05, 0) is 33.6 Å². The molecule has 5 nitrogen and oxygen atoms in total. The average molecular weight is 290 g/mol. The van der Waals surface area contributed by atoms with Gasteiger partial charge in [0.05, 0.1) is 0 Å². The van der Waals surface area contributed by atoms with Gasteiger partial charge >= 0.3 is 11.5 Å². The van der Waals surface area contributed by atoms with Gasteiger partial charge in [-0.1, -0.05) is 0 Å². The second-order valence-electron chi connectivity index (χ2n) is 6.22. The van der Waals surface area contributed by atoms with Crippen LogP contribution in [0.4, 0.5) is 9.59 Å². The zero-order valence-corrected chi connectivity index (χ0v) is 12.3.